The van der Waals surface area contributed by atoms with Gasteiger partial charge in [-0.3, -0.25) is 9.69 Å². The highest BCUT2D eigenvalue weighted by molar-refractivity contribution is 6.14. The number of carbonyl (C=O) groups excluding carboxylic acids is 2. The lowest BCUT2D eigenvalue weighted by atomic mass is 10.1. The molecule has 0 spiro atoms. The third kappa shape index (κ3) is 4.24. The Balaban J connectivity index is 1.92. The van der Waals surface area contributed by atoms with Crippen LogP contribution in [0.15, 0.2) is 48.2 Å². The number of carboxylic acids is 1. The van der Waals surface area contributed by atoms with Gasteiger partial charge in [-0.15, -0.1) is 0 Å². The number of carbonyl (C=O) groups is 3. The maximum atomic E-state index is 13.9. The lowest BCUT2D eigenvalue weighted by Gasteiger charge is -2.16. The highest BCUT2D eigenvalue weighted by Gasteiger charge is 2.34. The quantitative estimate of drug-likeness (QED) is 0.533. The number of nitrogens with zero attached hydrogens (tertiary/aromatic N) is 1. The number of urea groups is 1. The Labute approximate surface area is 171 Å². The van der Waals surface area contributed by atoms with Crippen LogP contribution in [0.1, 0.15) is 18.1 Å². The summed E-state index contributed by atoms with van der Waals surface area (Å²) >= 11 is 0. The number of carboxylic acid groups (broad SMARTS) is 1. The van der Waals surface area contributed by atoms with Crippen molar-refractivity contribution < 1.29 is 33.4 Å². The third-order valence-electron chi connectivity index (χ3n) is 4.42. The molecule has 156 valence electrons. The molecule has 2 aromatic carbocycles. The van der Waals surface area contributed by atoms with E-state index in [2.05, 4.69) is 5.32 Å². The van der Waals surface area contributed by atoms with Crippen LogP contribution in [0.2, 0.25) is 0 Å². The molecule has 0 aliphatic carbocycles. The molecule has 0 radical (unpaired) electrons. The predicted molar refractivity (Wildman–Crippen MR) is 104 cm³/mol. The van der Waals surface area contributed by atoms with Gasteiger partial charge in [-0.2, -0.15) is 0 Å². The van der Waals surface area contributed by atoms with Crippen LogP contribution in [0.4, 0.5) is 9.18 Å². The number of rotatable bonds is 7. The first kappa shape index (κ1) is 20.8. The van der Waals surface area contributed by atoms with E-state index < -0.39 is 29.8 Å². The zero-order valence-electron chi connectivity index (χ0n) is 16.2. The van der Waals surface area contributed by atoms with Gasteiger partial charge < -0.3 is 19.9 Å². The van der Waals surface area contributed by atoms with E-state index in [1.165, 1.54) is 38.3 Å². The molecule has 0 bridgehead atoms. The summed E-state index contributed by atoms with van der Waals surface area (Å²) in [6.07, 6.45) is 0.179. The summed E-state index contributed by atoms with van der Waals surface area (Å²) in [7, 11) is 1.39. The van der Waals surface area contributed by atoms with E-state index in [1.807, 2.05) is 0 Å². The average molecular weight is 414 g/mol. The van der Waals surface area contributed by atoms with Gasteiger partial charge in [0.2, 0.25) is 0 Å². The molecule has 1 heterocycles. The Morgan fingerprint density at radius 1 is 1.23 bits per heavy atom. The van der Waals surface area contributed by atoms with Crippen LogP contribution >= 0.6 is 0 Å². The molecule has 1 aliphatic rings. The summed E-state index contributed by atoms with van der Waals surface area (Å²) in [4.78, 5) is 37.0. The molecule has 1 atom stereocenters. The zero-order chi connectivity index (χ0) is 21.8. The first-order valence-corrected chi connectivity index (χ1v) is 8.96. The summed E-state index contributed by atoms with van der Waals surface area (Å²) in [6.45, 7) is 1.12. The second kappa shape index (κ2) is 8.64. The lowest BCUT2D eigenvalue weighted by Crippen LogP contribution is -2.30. The Kier molecular flexibility index (Phi) is 6.01. The smallest absolute Gasteiger partial charge is 0.344 e. The van der Waals surface area contributed by atoms with E-state index in [0.717, 1.165) is 4.90 Å². The van der Waals surface area contributed by atoms with E-state index >= 15 is 0 Å². The highest BCUT2D eigenvalue weighted by atomic mass is 19.1. The van der Waals surface area contributed by atoms with Crippen LogP contribution in [-0.4, -0.2) is 41.1 Å². The van der Waals surface area contributed by atoms with Crippen LogP contribution in [0, 0.1) is 5.82 Å². The summed E-state index contributed by atoms with van der Waals surface area (Å²) in [5.41, 5.74) is 0.471. The van der Waals surface area contributed by atoms with Crippen molar-refractivity contribution in [3.63, 3.8) is 0 Å². The van der Waals surface area contributed by atoms with Gasteiger partial charge in [-0.05, 0) is 25.1 Å². The number of hydrogen-bond acceptors (Lipinski definition) is 5. The fourth-order valence-corrected chi connectivity index (χ4v) is 2.83. The third-order valence-corrected chi connectivity index (χ3v) is 4.42. The molecule has 9 heteroatoms. The molecule has 2 N–H and O–H groups in total. The summed E-state index contributed by atoms with van der Waals surface area (Å²) in [5.74, 6) is -1.99. The topological polar surface area (TPSA) is 105 Å². The summed E-state index contributed by atoms with van der Waals surface area (Å²) in [5, 5.41) is 11.6. The van der Waals surface area contributed by atoms with Crippen molar-refractivity contribution in [3.8, 4) is 11.5 Å². The van der Waals surface area contributed by atoms with Crippen LogP contribution in [0.25, 0.3) is 6.08 Å². The van der Waals surface area contributed by atoms with Gasteiger partial charge in [0.15, 0.2) is 17.6 Å². The largest absolute Gasteiger partial charge is 0.493 e. The molecule has 1 aliphatic heterocycles. The van der Waals surface area contributed by atoms with Gasteiger partial charge in [-0.1, -0.05) is 30.3 Å². The van der Waals surface area contributed by atoms with Gasteiger partial charge in [-0.25, -0.2) is 14.0 Å². The molecule has 1 fully saturated rings. The monoisotopic (exact) mass is 414 g/mol. The van der Waals surface area contributed by atoms with Gasteiger partial charge in [0.05, 0.1) is 13.7 Å². The molecule has 30 heavy (non-hydrogen) atoms. The second-order valence-electron chi connectivity index (χ2n) is 6.45. The number of hydrogen-bond donors (Lipinski definition) is 2. The Hall–Kier alpha value is -3.88. The van der Waals surface area contributed by atoms with Gasteiger partial charge >= 0.3 is 12.0 Å². The molecular formula is C21H19FN2O6. The van der Waals surface area contributed by atoms with E-state index in [1.54, 1.807) is 24.3 Å². The van der Waals surface area contributed by atoms with Crippen LogP contribution < -0.4 is 14.8 Å². The summed E-state index contributed by atoms with van der Waals surface area (Å²) < 4.78 is 24.6. The number of imide groups is 1. The first-order valence-electron chi connectivity index (χ1n) is 8.96. The van der Waals surface area contributed by atoms with Crippen molar-refractivity contribution in [2.24, 2.45) is 0 Å². The van der Waals surface area contributed by atoms with Crippen molar-refractivity contribution in [1.82, 2.24) is 10.2 Å². The molecule has 0 aromatic heterocycles. The predicted octanol–water partition coefficient (Wildman–Crippen LogP) is 2.78. The van der Waals surface area contributed by atoms with E-state index in [9.17, 15) is 18.8 Å². The second-order valence-corrected chi connectivity index (χ2v) is 6.45. The molecule has 2 aromatic rings. The Morgan fingerprint density at radius 2 is 1.97 bits per heavy atom. The number of para-hydroxylation sites is 1. The van der Waals surface area contributed by atoms with Crippen molar-refractivity contribution in [2.45, 2.75) is 19.6 Å². The lowest BCUT2D eigenvalue weighted by molar-refractivity contribution is -0.144. The molecular weight excluding hydrogens is 395 g/mol. The minimum atomic E-state index is -1.18. The highest BCUT2D eigenvalue weighted by Crippen LogP contribution is 2.34. The molecule has 3 amide bonds. The van der Waals surface area contributed by atoms with Gasteiger partial charge in [0, 0.05) is 11.1 Å². The minimum Gasteiger partial charge on any atom is -0.493 e. The van der Waals surface area contributed by atoms with Gasteiger partial charge in [0.25, 0.3) is 5.91 Å². The normalized spacial score (nSPS) is 15.8. The number of methoxy groups -OCH3 is 1. The van der Waals surface area contributed by atoms with E-state index in [-0.39, 0.29) is 29.3 Å². The first-order chi connectivity index (χ1) is 14.3. The SMILES string of the molecule is COc1cccc(/C=C2\NC(=O)N(Cc3ccccc3F)C2=O)c1O[C@H](C)C(=O)O. The van der Waals surface area contributed by atoms with E-state index in [0.29, 0.717) is 5.56 Å². The summed E-state index contributed by atoms with van der Waals surface area (Å²) in [6, 6.07) is 9.94. The van der Waals surface area contributed by atoms with Crippen LogP contribution in [-0.2, 0) is 16.1 Å². The van der Waals surface area contributed by atoms with Crippen molar-refractivity contribution in [2.75, 3.05) is 7.11 Å². The minimum absolute atomic E-state index is 0.0579. The number of nitrogens with one attached hydrogen (secondary N) is 1. The Bertz CT molecular complexity index is 1040. The molecule has 8 nitrogen and oxygen atoms in total. The molecule has 0 unspecified atom stereocenters. The fraction of sp³-hybridized carbons (Fsp3) is 0.190. The van der Waals surface area contributed by atoms with Crippen LogP contribution in [0.3, 0.4) is 0 Å². The number of halogens is 1. The average Bonchev–Trinajstić information content (AvgIpc) is 2.98. The van der Waals surface area contributed by atoms with Crippen molar-refractivity contribution in [3.05, 3.63) is 65.1 Å². The van der Waals surface area contributed by atoms with Crippen molar-refractivity contribution in [1.29, 1.82) is 0 Å². The number of ether oxygens (including phenoxy) is 2. The van der Waals surface area contributed by atoms with Gasteiger partial charge in [0.1, 0.15) is 11.5 Å². The Morgan fingerprint density at radius 3 is 2.63 bits per heavy atom. The van der Waals surface area contributed by atoms with E-state index in [4.69, 9.17) is 14.6 Å². The molecule has 1 saturated heterocycles. The van der Waals surface area contributed by atoms with Crippen molar-refractivity contribution >= 4 is 24.0 Å². The zero-order valence-corrected chi connectivity index (χ0v) is 16.2. The number of aliphatic carboxylic acids is 1. The maximum Gasteiger partial charge on any atom is 0.344 e. The number of amides is 3. The number of benzene rings is 2. The van der Waals surface area contributed by atoms with Crippen LogP contribution in [0.5, 0.6) is 11.5 Å². The maximum absolute atomic E-state index is 13.9. The standard InChI is InChI=1S/C21H19FN2O6/c1-12(20(26)27)30-18-13(7-5-9-17(18)29-2)10-16-19(25)24(21(28)23-16)11-14-6-3-4-8-15(14)22/h3-10,12H,11H2,1-2H3,(H,23,28)(H,26,27)/b16-10-/t12-/m1/s1. The fourth-order valence-electron chi connectivity index (χ4n) is 2.83. The molecule has 0 saturated carbocycles. The molecule has 3 rings (SSSR count).